The van der Waals surface area contributed by atoms with Crippen LogP contribution < -0.4 is 10.1 Å². The Bertz CT molecular complexity index is 989. The molecule has 1 saturated heterocycles. The van der Waals surface area contributed by atoms with Crippen molar-refractivity contribution in [2.75, 3.05) is 25.5 Å². The Hall–Kier alpha value is -2.32. The number of nitrogens with one attached hydrogen (secondary N) is 1. The molecular formula is C20H27N3O4S. The van der Waals surface area contributed by atoms with Crippen molar-refractivity contribution in [1.82, 2.24) is 8.87 Å². The van der Waals surface area contributed by atoms with Crippen LogP contribution in [0.5, 0.6) is 5.75 Å². The van der Waals surface area contributed by atoms with Gasteiger partial charge in [0.05, 0.1) is 12.8 Å². The molecule has 3 rings (SSSR count). The molecule has 0 unspecified atom stereocenters. The lowest BCUT2D eigenvalue weighted by molar-refractivity contribution is 0.101. The van der Waals surface area contributed by atoms with Crippen LogP contribution in [0.3, 0.4) is 0 Å². The maximum Gasteiger partial charge on any atom is 0.272 e. The van der Waals surface area contributed by atoms with E-state index in [0.29, 0.717) is 30.2 Å². The van der Waals surface area contributed by atoms with E-state index < -0.39 is 10.0 Å². The van der Waals surface area contributed by atoms with Crippen LogP contribution in [0, 0.1) is 13.8 Å². The number of piperidine rings is 1. The fourth-order valence-electron chi connectivity index (χ4n) is 3.50. The molecule has 1 aromatic heterocycles. The number of hydrogen-bond acceptors (Lipinski definition) is 4. The van der Waals surface area contributed by atoms with Gasteiger partial charge >= 0.3 is 0 Å². The third-order valence-corrected chi connectivity index (χ3v) is 7.27. The number of benzene rings is 1. The number of rotatable bonds is 5. The minimum atomic E-state index is -3.61. The van der Waals surface area contributed by atoms with Crippen LogP contribution in [0.15, 0.2) is 29.2 Å². The molecule has 1 amide bonds. The smallest absolute Gasteiger partial charge is 0.272 e. The lowest BCUT2D eigenvalue weighted by Gasteiger charge is -2.25. The molecule has 0 spiro atoms. The lowest BCUT2D eigenvalue weighted by atomic mass is 10.2. The van der Waals surface area contributed by atoms with Gasteiger partial charge in [0, 0.05) is 25.8 Å². The summed E-state index contributed by atoms with van der Waals surface area (Å²) in [5.41, 5.74) is 2.36. The molecule has 152 valence electrons. The Labute approximate surface area is 166 Å². The highest BCUT2D eigenvalue weighted by molar-refractivity contribution is 7.89. The van der Waals surface area contributed by atoms with E-state index in [1.165, 1.54) is 17.5 Å². The highest BCUT2D eigenvalue weighted by atomic mass is 32.2. The topological polar surface area (TPSA) is 80.6 Å². The molecule has 28 heavy (non-hydrogen) atoms. The van der Waals surface area contributed by atoms with Gasteiger partial charge in [-0.15, -0.1) is 0 Å². The predicted molar refractivity (Wildman–Crippen MR) is 108 cm³/mol. The monoisotopic (exact) mass is 405 g/mol. The minimum absolute atomic E-state index is 0.193. The van der Waals surface area contributed by atoms with E-state index in [0.717, 1.165) is 24.8 Å². The van der Waals surface area contributed by atoms with Crippen molar-refractivity contribution < 1.29 is 17.9 Å². The van der Waals surface area contributed by atoms with E-state index in [-0.39, 0.29) is 16.5 Å². The van der Waals surface area contributed by atoms with E-state index >= 15 is 0 Å². The number of anilines is 1. The Morgan fingerprint density at radius 3 is 2.43 bits per heavy atom. The van der Waals surface area contributed by atoms with E-state index in [2.05, 4.69) is 5.32 Å². The second kappa shape index (κ2) is 7.97. The number of carbonyl (C=O) groups is 1. The highest BCUT2D eigenvalue weighted by Gasteiger charge is 2.31. The quantitative estimate of drug-likeness (QED) is 0.829. The average molecular weight is 406 g/mol. The predicted octanol–water partition coefficient (Wildman–Crippen LogP) is 3.08. The molecule has 1 aliphatic rings. The largest absolute Gasteiger partial charge is 0.495 e. The van der Waals surface area contributed by atoms with Gasteiger partial charge in [-0.3, -0.25) is 4.79 Å². The van der Waals surface area contributed by atoms with Gasteiger partial charge in [-0.2, -0.15) is 4.31 Å². The first-order valence-corrected chi connectivity index (χ1v) is 10.8. The summed E-state index contributed by atoms with van der Waals surface area (Å²) in [4.78, 5) is 13.1. The van der Waals surface area contributed by atoms with Crippen LogP contribution in [-0.2, 0) is 17.1 Å². The van der Waals surface area contributed by atoms with Crippen LogP contribution >= 0.6 is 0 Å². The van der Waals surface area contributed by atoms with Crippen molar-refractivity contribution >= 4 is 21.6 Å². The van der Waals surface area contributed by atoms with Crippen LogP contribution in [0.4, 0.5) is 5.69 Å². The van der Waals surface area contributed by atoms with Gasteiger partial charge in [0.2, 0.25) is 10.0 Å². The average Bonchev–Trinajstić information content (AvgIpc) is 2.98. The molecule has 2 aromatic rings. The number of amides is 1. The molecule has 1 N–H and O–H groups in total. The maximum absolute atomic E-state index is 13.1. The zero-order valence-corrected chi connectivity index (χ0v) is 17.6. The highest BCUT2D eigenvalue weighted by Crippen LogP contribution is 2.28. The fourth-order valence-corrected chi connectivity index (χ4v) is 5.29. The first-order chi connectivity index (χ1) is 13.3. The third-order valence-electron chi connectivity index (χ3n) is 5.26. The molecule has 0 aliphatic carbocycles. The molecule has 0 saturated carbocycles. The van der Waals surface area contributed by atoms with Gasteiger partial charge in [-0.05, 0) is 50.5 Å². The van der Waals surface area contributed by atoms with Gasteiger partial charge in [0.15, 0.2) is 0 Å². The second-order valence-corrected chi connectivity index (χ2v) is 9.07. The third kappa shape index (κ3) is 3.79. The van der Waals surface area contributed by atoms with Gasteiger partial charge in [-0.1, -0.05) is 12.5 Å². The Balaban J connectivity index is 1.93. The van der Waals surface area contributed by atoms with Crippen LogP contribution in [-0.4, -0.2) is 43.4 Å². The summed E-state index contributed by atoms with van der Waals surface area (Å²) in [5, 5.41) is 2.84. The molecule has 1 fully saturated rings. The number of hydrogen-bond donors (Lipinski definition) is 1. The van der Waals surface area contributed by atoms with Crippen LogP contribution in [0.2, 0.25) is 0 Å². The van der Waals surface area contributed by atoms with E-state index in [4.69, 9.17) is 4.74 Å². The van der Waals surface area contributed by atoms with Gasteiger partial charge in [0.1, 0.15) is 16.3 Å². The zero-order chi connectivity index (χ0) is 20.5. The number of methoxy groups -OCH3 is 1. The van der Waals surface area contributed by atoms with Crippen molar-refractivity contribution in [2.24, 2.45) is 7.05 Å². The maximum atomic E-state index is 13.1. The van der Waals surface area contributed by atoms with Crippen molar-refractivity contribution in [3.8, 4) is 5.75 Å². The van der Waals surface area contributed by atoms with E-state index in [9.17, 15) is 13.2 Å². The van der Waals surface area contributed by atoms with Crippen molar-refractivity contribution in [2.45, 2.75) is 38.0 Å². The van der Waals surface area contributed by atoms with Gasteiger partial charge in [0.25, 0.3) is 5.91 Å². The molecule has 7 nitrogen and oxygen atoms in total. The van der Waals surface area contributed by atoms with E-state index in [1.54, 1.807) is 24.6 Å². The number of carbonyl (C=O) groups excluding carboxylic acids is 1. The molecule has 0 radical (unpaired) electrons. The first-order valence-electron chi connectivity index (χ1n) is 9.38. The molecule has 0 bridgehead atoms. The van der Waals surface area contributed by atoms with Crippen molar-refractivity contribution in [3.05, 3.63) is 41.2 Å². The standard InChI is InChI=1S/C20H27N3O4S/c1-14-8-9-18(27-4)16(12-14)21-20(24)17-13-19(15(2)22(17)3)28(25,26)23-10-6-5-7-11-23/h8-9,12-13H,5-7,10-11H2,1-4H3,(H,21,24). The van der Waals surface area contributed by atoms with E-state index in [1.807, 2.05) is 19.1 Å². The summed E-state index contributed by atoms with van der Waals surface area (Å²) < 4.78 is 34.6. The van der Waals surface area contributed by atoms with Gasteiger partial charge in [-0.25, -0.2) is 8.42 Å². The summed E-state index contributed by atoms with van der Waals surface area (Å²) >= 11 is 0. The lowest BCUT2D eigenvalue weighted by Crippen LogP contribution is -2.35. The Morgan fingerprint density at radius 1 is 1.11 bits per heavy atom. The molecule has 1 aromatic carbocycles. The van der Waals surface area contributed by atoms with Gasteiger partial charge < -0.3 is 14.6 Å². The summed E-state index contributed by atoms with van der Waals surface area (Å²) in [6.45, 7) is 4.70. The summed E-state index contributed by atoms with van der Waals surface area (Å²) in [7, 11) is -0.373. The van der Waals surface area contributed by atoms with Crippen LogP contribution in [0.25, 0.3) is 0 Å². The SMILES string of the molecule is COc1ccc(C)cc1NC(=O)c1cc(S(=O)(=O)N2CCCCC2)c(C)n1C. The fraction of sp³-hybridized carbons (Fsp3) is 0.450. The molecule has 2 heterocycles. The number of sulfonamides is 1. The second-order valence-electron chi connectivity index (χ2n) is 7.16. The Morgan fingerprint density at radius 2 is 1.79 bits per heavy atom. The normalized spacial score (nSPS) is 15.4. The number of nitrogens with zero attached hydrogens (tertiary/aromatic N) is 2. The summed E-state index contributed by atoms with van der Waals surface area (Å²) in [5.74, 6) is 0.167. The summed E-state index contributed by atoms with van der Waals surface area (Å²) in [6, 6.07) is 6.96. The number of ether oxygens (including phenoxy) is 1. The summed E-state index contributed by atoms with van der Waals surface area (Å²) in [6.07, 6.45) is 2.78. The zero-order valence-electron chi connectivity index (χ0n) is 16.8. The molecular weight excluding hydrogens is 378 g/mol. The minimum Gasteiger partial charge on any atom is -0.495 e. The number of aryl methyl sites for hydroxylation is 1. The number of aromatic nitrogens is 1. The first kappa shape index (κ1) is 20.4. The molecule has 1 aliphatic heterocycles. The van der Waals surface area contributed by atoms with Crippen molar-refractivity contribution in [1.29, 1.82) is 0 Å². The van der Waals surface area contributed by atoms with Crippen LogP contribution in [0.1, 0.15) is 41.0 Å². The van der Waals surface area contributed by atoms with Crippen molar-refractivity contribution in [3.63, 3.8) is 0 Å². The Kier molecular flexibility index (Phi) is 5.81. The molecule has 8 heteroatoms. The molecule has 0 atom stereocenters.